The van der Waals surface area contributed by atoms with E-state index in [0.717, 1.165) is 0 Å². The fourth-order valence-corrected chi connectivity index (χ4v) is 1.56. The van der Waals surface area contributed by atoms with E-state index in [0.29, 0.717) is 10.8 Å². The van der Waals surface area contributed by atoms with Gasteiger partial charge in [-0.25, -0.2) is 5.10 Å². The number of nitrogens with zero attached hydrogens (tertiary/aromatic N) is 1. The van der Waals surface area contributed by atoms with E-state index in [4.69, 9.17) is 0 Å². The maximum absolute atomic E-state index is 11.9. The number of aromatic nitrogens is 2. The van der Waals surface area contributed by atoms with Crippen LogP contribution in [0.4, 0.5) is 0 Å². The number of amides is 2. The van der Waals surface area contributed by atoms with Gasteiger partial charge in [-0.2, -0.15) is 5.10 Å². The minimum Gasteiger partial charge on any atom is -0.273 e. The summed E-state index contributed by atoms with van der Waals surface area (Å²) < 4.78 is 0. The van der Waals surface area contributed by atoms with E-state index in [9.17, 15) is 14.4 Å². The first-order valence-corrected chi connectivity index (χ1v) is 5.70. The summed E-state index contributed by atoms with van der Waals surface area (Å²) in [6.07, 6.45) is 0.250. The molecule has 0 atom stereocenters. The Labute approximate surface area is 108 Å². The smallest absolute Gasteiger partial charge is 0.273 e. The molecule has 0 aliphatic heterocycles. The minimum absolute atomic E-state index is 0.0478. The van der Waals surface area contributed by atoms with Crippen LogP contribution in [-0.4, -0.2) is 22.0 Å². The van der Waals surface area contributed by atoms with Crippen molar-refractivity contribution in [1.82, 2.24) is 21.0 Å². The van der Waals surface area contributed by atoms with E-state index in [2.05, 4.69) is 21.0 Å². The molecule has 98 valence electrons. The first-order valence-electron chi connectivity index (χ1n) is 5.70. The van der Waals surface area contributed by atoms with Crippen LogP contribution in [0.15, 0.2) is 29.1 Å². The van der Waals surface area contributed by atoms with E-state index < -0.39 is 5.91 Å². The maximum Gasteiger partial charge on any atom is 0.290 e. The maximum atomic E-state index is 11.9. The van der Waals surface area contributed by atoms with Gasteiger partial charge in [0, 0.05) is 11.8 Å². The van der Waals surface area contributed by atoms with Gasteiger partial charge in [-0.15, -0.1) is 0 Å². The monoisotopic (exact) mass is 260 g/mol. The van der Waals surface area contributed by atoms with E-state index in [1.165, 1.54) is 0 Å². The van der Waals surface area contributed by atoms with Crippen molar-refractivity contribution in [2.75, 3.05) is 0 Å². The molecular formula is C12H12N4O3. The molecule has 0 fully saturated rings. The molecule has 1 aromatic heterocycles. The molecule has 0 unspecified atom stereocenters. The molecule has 7 heteroatoms. The van der Waals surface area contributed by atoms with Crippen LogP contribution in [0.1, 0.15) is 23.8 Å². The second kappa shape index (κ2) is 5.30. The van der Waals surface area contributed by atoms with Crippen molar-refractivity contribution >= 4 is 22.6 Å². The fourth-order valence-electron chi connectivity index (χ4n) is 1.56. The third-order valence-electron chi connectivity index (χ3n) is 2.55. The molecular weight excluding hydrogens is 248 g/mol. The first kappa shape index (κ1) is 12.7. The largest absolute Gasteiger partial charge is 0.290 e. The van der Waals surface area contributed by atoms with E-state index in [1.54, 1.807) is 31.2 Å². The number of aromatic amines is 1. The highest BCUT2D eigenvalue weighted by molar-refractivity contribution is 6.05. The zero-order valence-electron chi connectivity index (χ0n) is 10.2. The third kappa shape index (κ3) is 2.59. The van der Waals surface area contributed by atoms with Gasteiger partial charge in [0.05, 0.1) is 5.39 Å². The molecule has 0 bridgehead atoms. The topological polar surface area (TPSA) is 104 Å². The Balaban J connectivity index is 2.35. The highest BCUT2D eigenvalue weighted by Gasteiger charge is 2.13. The average molecular weight is 260 g/mol. The van der Waals surface area contributed by atoms with Crippen molar-refractivity contribution in [3.05, 3.63) is 40.3 Å². The summed E-state index contributed by atoms with van der Waals surface area (Å²) in [7, 11) is 0. The molecule has 0 saturated carbocycles. The SMILES string of the molecule is CCC(=O)NNC(=O)c1n[nH]c(=O)c2ccccc12. The number of benzene rings is 1. The van der Waals surface area contributed by atoms with Gasteiger partial charge in [-0.1, -0.05) is 25.1 Å². The summed E-state index contributed by atoms with van der Waals surface area (Å²) in [5.41, 5.74) is 4.15. The third-order valence-corrected chi connectivity index (χ3v) is 2.55. The molecule has 1 heterocycles. The standard InChI is InChI=1S/C12H12N4O3/c1-2-9(17)13-16-12(19)10-7-5-3-4-6-8(7)11(18)15-14-10/h3-6H,2H2,1H3,(H,13,17)(H,15,18)(H,16,19). The zero-order valence-corrected chi connectivity index (χ0v) is 10.2. The van der Waals surface area contributed by atoms with Crippen LogP contribution in [-0.2, 0) is 4.79 Å². The number of hydrogen-bond donors (Lipinski definition) is 3. The molecule has 3 N–H and O–H groups in total. The number of carbonyl (C=O) groups excluding carboxylic acids is 2. The molecule has 2 amide bonds. The normalized spacial score (nSPS) is 10.2. The quantitative estimate of drug-likeness (QED) is 0.666. The van der Waals surface area contributed by atoms with Gasteiger partial charge in [0.1, 0.15) is 0 Å². The Morgan fingerprint density at radius 2 is 1.89 bits per heavy atom. The van der Waals surface area contributed by atoms with Crippen molar-refractivity contribution in [3.8, 4) is 0 Å². The summed E-state index contributed by atoms with van der Waals surface area (Å²) in [4.78, 5) is 34.5. The number of rotatable bonds is 2. The summed E-state index contributed by atoms with van der Waals surface area (Å²) in [5.74, 6) is -0.906. The second-order valence-electron chi connectivity index (χ2n) is 3.80. The molecule has 0 radical (unpaired) electrons. The Bertz CT molecular complexity index is 693. The van der Waals surface area contributed by atoms with Gasteiger partial charge in [0.15, 0.2) is 5.69 Å². The molecule has 0 aliphatic carbocycles. The molecule has 2 rings (SSSR count). The van der Waals surface area contributed by atoms with Crippen LogP contribution in [0, 0.1) is 0 Å². The van der Waals surface area contributed by atoms with Crippen LogP contribution < -0.4 is 16.4 Å². The van der Waals surface area contributed by atoms with Gasteiger partial charge >= 0.3 is 0 Å². The predicted molar refractivity (Wildman–Crippen MR) is 68.3 cm³/mol. The van der Waals surface area contributed by atoms with Gasteiger partial charge in [0.2, 0.25) is 5.91 Å². The highest BCUT2D eigenvalue weighted by Crippen LogP contribution is 2.11. The van der Waals surface area contributed by atoms with Gasteiger partial charge in [0.25, 0.3) is 11.5 Å². The Morgan fingerprint density at radius 1 is 1.21 bits per heavy atom. The number of hydrazine groups is 1. The Hall–Kier alpha value is -2.70. The van der Waals surface area contributed by atoms with Crippen molar-refractivity contribution in [2.45, 2.75) is 13.3 Å². The Morgan fingerprint density at radius 3 is 2.58 bits per heavy atom. The van der Waals surface area contributed by atoms with E-state index in [1.807, 2.05) is 0 Å². The number of carbonyl (C=O) groups is 2. The zero-order chi connectivity index (χ0) is 13.8. The molecule has 2 aromatic rings. The molecule has 0 aliphatic rings. The van der Waals surface area contributed by atoms with Crippen LogP contribution in [0.5, 0.6) is 0 Å². The lowest BCUT2D eigenvalue weighted by molar-refractivity contribution is -0.121. The number of hydrogen-bond acceptors (Lipinski definition) is 4. The molecule has 7 nitrogen and oxygen atoms in total. The van der Waals surface area contributed by atoms with Crippen molar-refractivity contribution in [3.63, 3.8) is 0 Å². The number of H-pyrrole nitrogens is 1. The molecule has 0 saturated heterocycles. The van der Waals surface area contributed by atoms with Crippen molar-refractivity contribution in [1.29, 1.82) is 0 Å². The lowest BCUT2D eigenvalue weighted by Gasteiger charge is -2.07. The highest BCUT2D eigenvalue weighted by atomic mass is 16.2. The van der Waals surface area contributed by atoms with Crippen LogP contribution in [0.2, 0.25) is 0 Å². The summed E-state index contributed by atoms with van der Waals surface area (Å²) >= 11 is 0. The number of nitrogens with one attached hydrogen (secondary N) is 3. The average Bonchev–Trinajstić information content (AvgIpc) is 2.45. The predicted octanol–water partition coefficient (Wildman–Crippen LogP) is 0.0941. The van der Waals surface area contributed by atoms with Crippen LogP contribution >= 0.6 is 0 Å². The summed E-state index contributed by atoms with van der Waals surface area (Å²) in [5, 5.41) is 6.75. The van der Waals surface area contributed by atoms with Crippen molar-refractivity contribution < 1.29 is 9.59 Å². The second-order valence-corrected chi connectivity index (χ2v) is 3.80. The van der Waals surface area contributed by atoms with E-state index >= 15 is 0 Å². The van der Waals surface area contributed by atoms with Gasteiger partial charge < -0.3 is 0 Å². The number of fused-ring (bicyclic) bond motifs is 1. The molecule has 1 aromatic carbocycles. The van der Waals surface area contributed by atoms with Crippen LogP contribution in [0.25, 0.3) is 10.8 Å². The van der Waals surface area contributed by atoms with E-state index in [-0.39, 0.29) is 23.6 Å². The van der Waals surface area contributed by atoms with Crippen molar-refractivity contribution in [2.24, 2.45) is 0 Å². The van der Waals surface area contributed by atoms with Gasteiger partial charge in [-0.05, 0) is 6.07 Å². The lowest BCUT2D eigenvalue weighted by atomic mass is 10.1. The van der Waals surface area contributed by atoms with Gasteiger partial charge in [-0.3, -0.25) is 25.2 Å². The fraction of sp³-hybridized carbons (Fsp3) is 0.167. The summed E-state index contributed by atoms with van der Waals surface area (Å²) in [6.45, 7) is 1.66. The summed E-state index contributed by atoms with van der Waals surface area (Å²) in [6, 6.07) is 6.61. The lowest BCUT2D eigenvalue weighted by Crippen LogP contribution is -2.42. The Kier molecular flexibility index (Phi) is 3.56. The minimum atomic E-state index is -0.589. The molecule has 0 spiro atoms. The van der Waals surface area contributed by atoms with Crippen LogP contribution in [0.3, 0.4) is 0 Å². The first-order chi connectivity index (χ1) is 9.13. The molecule has 19 heavy (non-hydrogen) atoms.